The fourth-order valence-electron chi connectivity index (χ4n) is 3.38. The molecule has 1 unspecified atom stereocenters. The fraction of sp³-hybridized carbons (Fsp3) is 0.467. The highest BCUT2D eigenvalue weighted by atomic mass is 16.5. The largest absolute Gasteiger partial charge is 0.497 e. The van der Waals surface area contributed by atoms with Crippen molar-refractivity contribution >= 4 is 11.9 Å². The normalized spacial score (nSPS) is 24.2. The predicted octanol–water partition coefficient (Wildman–Crippen LogP) is 2.25. The molecule has 20 heavy (non-hydrogen) atoms. The number of amidine groups is 1. The molecule has 106 valence electrons. The van der Waals surface area contributed by atoms with E-state index < -0.39 is 5.54 Å². The first kappa shape index (κ1) is 13.0. The second-order valence-corrected chi connectivity index (χ2v) is 5.34. The van der Waals surface area contributed by atoms with Crippen LogP contribution >= 0.6 is 0 Å². The molecule has 5 nitrogen and oxygen atoms in total. The fourth-order valence-corrected chi connectivity index (χ4v) is 3.38. The molecule has 2 aliphatic rings. The van der Waals surface area contributed by atoms with Crippen LogP contribution in [-0.4, -0.2) is 30.4 Å². The third-order valence-electron chi connectivity index (χ3n) is 4.32. The van der Waals surface area contributed by atoms with Crippen LogP contribution in [0, 0.1) is 5.41 Å². The van der Waals surface area contributed by atoms with Crippen molar-refractivity contribution in [3.8, 4) is 5.75 Å². The maximum absolute atomic E-state index is 12.1. The minimum atomic E-state index is -0.614. The van der Waals surface area contributed by atoms with Crippen LogP contribution in [0.5, 0.6) is 5.75 Å². The SMILES string of the molecule is CCCN1C(=O)NC(=N)C12CCc1ccc(OC)cc12. The van der Waals surface area contributed by atoms with E-state index in [1.807, 2.05) is 25.1 Å². The number of aryl methyl sites for hydroxylation is 1. The molecular formula is C15H19N3O2. The van der Waals surface area contributed by atoms with Gasteiger partial charge in [-0.1, -0.05) is 13.0 Å². The number of hydrogen-bond acceptors (Lipinski definition) is 3. The number of nitrogens with zero attached hydrogens (tertiary/aromatic N) is 1. The molecule has 1 aromatic carbocycles. The summed E-state index contributed by atoms with van der Waals surface area (Å²) in [5.74, 6) is 1.07. The Labute approximate surface area is 118 Å². The van der Waals surface area contributed by atoms with Gasteiger partial charge in [-0.3, -0.25) is 10.7 Å². The summed E-state index contributed by atoms with van der Waals surface area (Å²) in [7, 11) is 1.64. The van der Waals surface area contributed by atoms with Gasteiger partial charge < -0.3 is 9.64 Å². The van der Waals surface area contributed by atoms with Gasteiger partial charge in [0.15, 0.2) is 0 Å². The van der Waals surface area contributed by atoms with Crippen molar-refractivity contribution in [2.75, 3.05) is 13.7 Å². The van der Waals surface area contributed by atoms with Crippen LogP contribution in [0.1, 0.15) is 30.9 Å². The number of hydrogen-bond donors (Lipinski definition) is 2. The number of ether oxygens (including phenoxy) is 1. The highest BCUT2D eigenvalue weighted by molar-refractivity contribution is 6.09. The lowest BCUT2D eigenvalue weighted by Gasteiger charge is -2.34. The van der Waals surface area contributed by atoms with Crippen LogP contribution in [0.25, 0.3) is 0 Å². The van der Waals surface area contributed by atoms with Gasteiger partial charge in [-0.25, -0.2) is 4.79 Å². The Balaban J connectivity index is 2.14. The van der Waals surface area contributed by atoms with Gasteiger partial charge in [-0.2, -0.15) is 0 Å². The average Bonchev–Trinajstić information content (AvgIpc) is 2.93. The molecule has 1 aliphatic heterocycles. The minimum absolute atomic E-state index is 0.160. The molecule has 0 bridgehead atoms. The third-order valence-corrected chi connectivity index (χ3v) is 4.32. The van der Waals surface area contributed by atoms with Crippen LogP contribution in [0.2, 0.25) is 0 Å². The summed E-state index contributed by atoms with van der Waals surface area (Å²) in [6.45, 7) is 2.70. The number of fused-ring (bicyclic) bond motifs is 2. The predicted molar refractivity (Wildman–Crippen MR) is 76.2 cm³/mol. The molecule has 2 amide bonds. The van der Waals surface area contributed by atoms with Crippen LogP contribution < -0.4 is 10.1 Å². The topological polar surface area (TPSA) is 65.4 Å². The number of urea groups is 1. The Morgan fingerprint density at radius 3 is 3.00 bits per heavy atom. The maximum atomic E-state index is 12.1. The van der Waals surface area contributed by atoms with Crippen molar-refractivity contribution in [3.63, 3.8) is 0 Å². The van der Waals surface area contributed by atoms with Gasteiger partial charge in [0, 0.05) is 6.54 Å². The zero-order chi connectivity index (χ0) is 14.3. The molecule has 0 radical (unpaired) electrons. The summed E-state index contributed by atoms with van der Waals surface area (Å²) in [5.41, 5.74) is 1.62. The van der Waals surface area contributed by atoms with Crippen LogP contribution in [-0.2, 0) is 12.0 Å². The first-order valence-electron chi connectivity index (χ1n) is 6.98. The average molecular weight is 273 g/mol. The molecule has 1 saturated heterocycles. The number of nitrogens with one attached hydrogen (secondary N) is 2. The van der Waals surface area contributed by atoms with E-state index in [2.05, 4.69) is 5.32 Å². The number of carbonyl (C=O) groups excluding carboxylic acids is 1. The van der Waals surface area contributed by atoms with E-state index >= 15 is 0 Å². The lowest BCUT2D eigenvalue weighted by Crippen LogP contribution is -2.45. The van der Waals surface area contributed by atoms with Gasteiger partial charge in [0.2, 0.25) is 0 Å². The standard InChI is InChI=1S/C15H19N3O2/c1-3-8-18-14(19)17-13(16)15(18)7-6-10-4-5-11(20-2)9-12(10)15/h4-5,9H,3,6-8H2,1-2H3,(H2,16,17,19). The van der Waals surface area contributed by atoms with Gasteiger partial charge in [0.1, 0.15) is 17.1 Å². The van der Waals surface area contributed by atoms with E-state index in [0.717, 1.165) is 30.6 Å². The molecule has 1 atom stereocenters. The smallest absolute Gasteiger partial charge is 0.323 e. The van der Waals surface area contributed by atoms with E-state index in [9.17, 15) is 4.79 Å². The molecule has 1 heterocycles. The van der Waals surface area contributed by atoms with Crippen molar-refractivity contribution in [2.45, 2.75) is 31.7 Å². The lowest BCUT2D eigenvalue weighted by atomic mass is 9.89. The molecule has 0 aromatic heterocycles. The Bertz CT molecular complexity index is 584. The van der Waals surface area contributed by atoms with E-state index in [0.29, 0.717) is 12.4 Å². The monoisotopic (exact) mass is 273 g/mol. The van der Waals surface area contributed by atoms with E-state index in [1.54, 1.807) is 12.0 Å². The summed E-state index contributed by atoms with van der Waals surface area (Å²) in [5, 5.41) is 11.0. The maximum Gasteiger partial charge on any atom is 0.323 e. The molecule has 1 spiro atoms. The van der Waals surface area contributed by atoms with Crippen molar-refractivity contribution in [1.29, 1.82) is 5.41 Å². The van der Waals surface area contributed by atoms with E-state index in [1.165, 1.54) is 5.56 Å². The summed E-state index contributed by atoms with van der Waals surface area (Å²) in [6.07, 6.45) is 2.53. The Morgan fingerprint density at radius 1 is 1.50 bits per heavy atom. The van der Waals surface area contributed by atoms with E-state index in [-0.39, 0.29) is 6.03 Å². The summed E-state index contributed by atoms with van der Waals surface area (Å²) in [4.78, 5) is 13.9. The van der Waals surface area contributed by atoms with Gasteiger partial charge in [-0.15, -0.1) is 0 Å². The zero-order valence-electron chi connectivity index (χ0n) is 11.8. The number of carbonyl (C=O) groups is 1. The summed E-state index contributed by atoms with van der Waals surface area (Å²) >= 11 is 0. The number of rotatable bonds is 3. The van der Waals surface area contributed by atoms with Gasteiger partial charge >= 0.3 is 6.03 Å². The zero-order valence-corrected chi connectivity index (χ0v) is 11.8. The van der Waals surface area contributed by atoms with Crippen molar-refractivity contribution in [1.82, 2.24) is 10.2 Å². The first-order valence-corrected chi connectivity index (χ1v) is 6.98. The number of methoxy groups -OCH3 is 1. The Hall–Kier alpha value is -2.04. The summed E-state index contributed by atoms with van der Waals surface area (Å²) in [6, 6.07) is 5.80. The molecule has 2 N–H and O–H groups in total. The molecular weight excluding hydrogens is 254 g/mol. The van der Waals surface area contributed by atoms with Gasteiger partial charge in [0.05, 0.1) is 7.11 Å². The summed E-state index contributed by atoms with van der Waals surface area (Å²) < 4.78 is 5.31. The lowest BCUT2D eigenvalue weighted by molar-refractivity contribution is 0.172. The van der Waals surface area contributed by atoms with Gasteiger partial charge in [0.25, 0.3) is 0 Å². The highest BCUT2D eigenvalue weighted by Crippen LogP contribution is 2.45. The molecule has 5 heteroatoms. The van der Waals surface area contributed by atoms with Crippen LogP contribution in [0.3, 0.4) is 0 Å². The van der Waals surface area contributed by atoms with E-state index in [4.69, 9.17) is 10.1 Å². The third kappa shape index (κ3) is 1.55. The molecule has 1 aromatic rings. The second-order valence-electron chi connectivity index (χ2n) is 5.34. The molecule has 3 rings (SSSR count). The van der Waals surface area contributed by atoms with Crippen molar-refractivity contribution in [2.24, 2.45) is 0 Å². The van der Waals surface area contributed by atoms with Crippen molar-refractivity contribution in [3.05, 3.63) is 29.3 Å². The van der Waals surface area contributed by atoms with Crippen LogP contribution in [0.4, 0.5) is 4.79 Å². The second kappa shape index (κ2) is 4.51. The number of amides is 2. The first-order chi connectivity index (χ1) is 9.63. The van der Waals surface area contributed by atoms with Crippen LogP contribution in [0.15, 0.2) is 18.2 Å². The highest BCUT2D eigenvalue weighted by Gasteiger charge is 2.54. The molecule has 0 saturated carbocycles. The molecule has 1 aliphatic carbocycles. The Kier molecular flexibility index (Phi) is 2.92. The van der Waals surface area contributed by atoms with Crippen molar-refractivity contribution < 1.29 is 9.53 Å². The Morgan fingerprint density at radius 2 is 2.30 bits per heavy atom. The quantitative estimate of drug-likeness (QED) is 0.887. The molecule has 1 fully saturated rings. The number of benzene rings is 1. The van der Waals surface area contributed by atoms with Gasteiger partial charge in [-0.05, 0) is 42.5 Å². The minimum Gasteiger partial charge on any atom is -0.497 e.